The van der Waals surface area contributed by atoms with E-state index in [0.717, 1.165) is 12.8 Å². The van der Waals surface area contributed by atoms with E-state index < -0.39 is 40.9 Å². The van der Waals surface area contributed by atoms with Crippen molar-refractivity contribution in [3.63, 3.8) is 0 Å². The van der Waals surface area contributed by atoms with Crippen LogP contribution in [0.4, 0.5) is 23.2 Å². The Hall–Kier alpha value is -1.63. The van der Waals surface area contributed by atoms with E-state index in [4.69, 9.17) is 0 Å². The van der Waals surface area contributed by atoms with Gasteiger partial charge in [0.1, 0.15) is 5.69 Å². The van der Waals surface area contributed by atoms with Crippen LogP contribution in [0.5, 0.6) is 0 Å². The molecule has 7 heteroatoms. The second-order valence-corrected chi connectivity index (χ2v) is 4.88. The fourth-order valence-electron chi connectivity index (χ4n) is 2.24. The molecule has 0 saturated carbocycles. The summed E-state index contributed by atoms with van der Waals surface area (Å²) in [7, 11) is 0. The first-order valence-electron chi connectivity index (χ1n) is 6.30. The van der Waals surface area contributed by atoms with Gasteiger partial charge in [-0.15, -0.1) is 0 Å². The van der Waals surface area contributed by atoms with Crippen molar-refractivity contribution >= 4 is 11.6 Å². The standard InChI is InChI=1S/C13H14F4N2O/c1-6-3-2-4-9(18-6)13(20)19-12-10(16)7(14)5-8(15)11(12)17/h5-6,9,18H,2-4H2,1H3,(H,19,20). The molecule has 1 fully saturated rings. The third-order valence-corrected chi connectivity index (χ3v) is 3.29. The lowest BCUT2D eigenvalue weighted by Crippen LogP contribution is -2.47. The van der Waals surface area contributed by atoms with E-state index in [1.807, 2.05) is 12.2 Å². The summed E-state index contributed by atoms with van der Waals surface area (Å²) < 4.78 is 52.9. The van der Waals surface area contributed by atoms with Crippen LogP contribution >= 0.6 is 0 Å². The number of hydrogen-bond donors (Lipinski definition) is 2. The van der Waals surface area contributed by atoms with E-state index in [1.54, 1.807) is 0 Å². The summed E-state index contributed by atoms with van der Waals surface area (Å²) in [5.74, 6) is -7.03. The van der Waals surface area contributed by atoms with Crippen LogP contribution in [0.2, 0.25) is 0 Å². The lowest BCUT2D eigenvalue weighted by molar-refractivity contribution is -0.119. The molecule has 1 saturated heterocycles. The largest absolute Gasteiger partial charge is 0.320 e. The Bertz CT molecular complexity index is 509. The van der Waals surface area contributed by atoms with Gasteiger partial charge < -0.3 is 10.6 Å². The summed E-state index contributed by atoms with van der Waals surface area (Å²) in [5, 5.41) is 4.88. The maximum atomic E-state index is 13.4. The van der Waals surface area contributed by atoms with Crippen LogP contribution in [0.15, 0.2) is 6.07 Å². The van der Waals surface area contributed by atoms with Crippen molar-refractivity contribution in [1.82, 2.24) is 5.32 Å². The van der Waals surface area contributed by atoms with E-state index in [2.05, 4.69) is 5.32 Å². The molecule has 0 aliphatic carbocycles. The van der Waals surface area contributed by atoms with E-state index in [-0.39, 0.29) is 12.1 Å². The molecule has 0 bridgehead atoms. The van der Waals surface area contributed by atoms with Crippen molar-refractivity contribution in [1.29, 1.82) is 0 Å². The maximum absolute atomic E-state index is 13.4. The molecule has 1 amide bonds. The molecule has 1 aromatic carbocycles. The van der Waals surface area contributed by atoms with Crippen LogP contribution in [0.1, 0.15) is 26.2 Å². The fraction of sp³-hybridized carbons (Fsp3) is 0.462. The molecule has 2 unspecified atom stereocenters. The summed E-state index contributed by atoms with van der Waals surface area (Å²) in [6.45, 7) is 1.88. The van der Waals surface area contributed by atoms with Gasteiger partial charge in [0.25, 0.3) is 0 Å². The molecule has 0 spiro atoms. The first kappa shape index (κ1) is 14.8. The quantitative estimate of drug-likeness (QED) is 0.649. The molecule has 2 atom stereocenters. The van der Waals surface area contributed by atoms with Gasteiger partial charge in [-0.3, -0.25) is 4.79 Å². The van der Waals surface area contributed by atoms with Gasteiger partial charge in [-0.1, -0.05) is 0 Å². The molecule has 0 aromatic heterocycles. The molecule has 2 N–H and O–H groups in total. The minimum atomic E-state index is -1.61. The number of anilines is 1. The minimum absolute atomic E-state index is 0.0958. The molecule has 3 nitrogen and oxygen atoms in total. The predicted octanol–water partition coefficient (Wildman–Crippen LogP) is 2.71. The molecular formula is C13H14F4N2O. The van der Waals surface area contributed by atoms with Gasteiger partial charge in [-0.25, -0.2) is 17.6 Å². The second kappa shape index (κ2) is 5.78. The third-order valence-electron chi connectivity index (χ3n) is 3.29. The van der Waals surface area contributed by atoms with Crippen LogP contribution < -0.4 is 10.6 Å². The Labute approximate surface area is 113 Å². The lowest BCUT2D eigenvalue weighted by Gasteiger charge is -2.27. The van der Waals surface area contributed by atoms with E-state index in [9.17, 15) is 22.4 Å². The van der Waals surface area contributed by atoms with Crippen LogP contribution in [0.3, 0.4) is 0 Å². The molecule has 0 radical (unpaired) electrons. The van der Waals surface area contributed by atoms with Crippen LogP contribution in [0, 0.1) is 23.3 Å². The number of halogens is 4. The molecule has 1 aliphatic heterocycles. The van der Waals surface area contributed by atoms with Crippen LogP contribution in [-0.2, 0) is 4.79 Å². The number of carbonyl (C=O) groups excluding carboxylic acids is 1. The first-order chi connectivity index (χ1) is 9.40. The fourth-order valence-corrected chi connectivity index (χ4v) is 2.24. The number of piperidine rings is 1. The van der Waals surface area contributed by atoms with Gasteiger partial charge >= 0.3 is 0 Å². The number of benzene rings is 1. The molecule has 1 aromatic rings. The highest BCUT2D eigenvalue weighted by Gasteiger charge is 2.27. The zero-order valence-corrected chi connectivity index (χ0v) is 10.8. The monoisotopic (exact) mass is 290 g/mol. The molecule has 110 valence electrons. The summed E-state index contributed by atoms with van der Waals surface area (Å²) in [6.07, 6.45) is 2.17. The average Bonchev–Trinajstić information content (AvgIpc) is 2.41. The number of amides is 1. The smallest absolute Gasteiger partial charge is 0.241 e. The van der Waals surface area contributed by atoms with Crippen molar-refractivity contribution < 1.29 is 22.4 Å². The van der Waals surface area contributed by atoms with Crippen LogP contribution in [-0.4, -0.2) is 18.0 Å². The molecule has 20 heavy (non-hydrogen) atoms. The molecule has 1 heterocycles. The van der Waals surface area contributed by atoms with Crippen molar-refractivity contribution in [3.8, 4) is 0 Å². The maximum Gasteiger partial charge on any atom is 0.241 e. The van der Waals surface area contributed by atoms with E-state index >= 15 is 0 Å². The van der Waals surface area contributed by atoms with Gasteiger partial charge in [0, 0.05) is 12.1 Å². The summed E-state index contributed by atoms with van der Waals surface area (Å²) >= 11 is 0. The van der Waals surface area contributed by atoms with E-state index in [0.29, 0.717) is 6.42 Å². The predicted molar refractivity (Wildman–Crippen MR) is 65.1 cm³/mol. The Morgan fingerprint density at radius 2 is 1.80 bits per heavy atom. The third kappa shape index (κ3) is 2.92. The van der Waals surface area contributed by atoms with Crippen molar-refractivity contribution in [2.24, 2.45) is 0 Å². The molecule has 1 aliphatic rings. The minimum Gasteiger partial charge on any atom is -0.320 e. The van der Waals surface area contributed by atoms with Crippen LogP contribution in [0.25, 0.3) is 0 Å². The zero-order chi connectivity index (χ0) is 14.9. The SMILES string of the molecule is CC1CCCC(C(=O)Nc2c(F)c(F)cc(F)c2F)N1. The topological polar surface area (TPSA) is 41.1 Å². The van der Waals surface area contributed by atoms with Gasteiger partial charge in [0.15, 0.2) is 23.3 Å². The first-order valence-corrected chi connectivity index (χ1v) is 6.30. The normalized spacial score (nSPS) is 22.6. The lowest BCUT2D eigenvalue weighted by atomic mass is 9.99. The number of rotatable bonds is 2. The molecule has 2 rings (SSSR count). The molecular weight excluding hydrogens is 276 g/mol. The van der Waals surface area contributed by atoms with E-state index in [1.165, 1.54) is 0 Å². The number of hydrogen-bond acceptors (Lipinski definition) is 2. The Morgan fingerprint density at radius 1 is 1.20 bits per heavy atom. The van der Waals surface area contributed by atoms with Gasteiger partial charge in [-0.2, -0.15) is 0 Å². The second-order valence-electron chi connectivity index (χ2n) is 4.88. The Kier molecular flexibility index (Phi) is 4.27. The highest BCUT2D eigenvalue weighted by Crippen LogP contribution is 2.25. The van der Waals surface area contributed by atoms with Crippen molar-refractivity contribution in [2.75, 3.05) is 5.32 Å². The Balaban J connectivity index is 2.19. The Morgan fingerprint density at radius 3 is 2.35 bits per heavy atom. The number of nitrogens with one attached hydrogen (secondary N) is 2. The summed E-state index contributed by atoms with van der Waals surface area (Å²) in [5.41, 5.74) is -1.09. The van der Waals surface area contributed by atoms with Gasteiger partial charge in [0.05, 0.1) is 6.04 Å². The zero-order valence-electron chi connectivity index (χ0n) is 10.8. The highest BCUT2D eigenvalue weighted by atomic mass is 19.2. The average molecular weight is 290 g/mol. The van der Waals surface area contributed by atoms with Gasteiger partial charge in [-0.05, 0) is 26.2 Å². The summed E-state index contributed by atoms with van der Waals surface area (Å²) in [4.78, 5) is 11.9. The highest BCUT2D eigenvalue weighted by molar-refractivity contribution is 5.95. The number of carbonyl (C=O) groups is 1. The van der Waals surface area contributed by atoms with Gasteiger partial charge in [0.2, 0.25) is 5.91 Å². The van der Waals surface area contributed by atoms with Crippen molar-refractivity contribution in [3.05, 3.63) is 29.3 Å². The van der Waals surface area contributed by atoms with Crippen molar-refractivity contribution in [2.45, 2.75) is 38.3 Å². The summed E-state index contributed by atoms with van der Waals surface area (Å²) in [6, 6.07) is -0.441.